The van der Waals surface area contributed by atoms with E-state index in [2.05, 4.69) is 4.74 Å². The van der Waals surface area contributed by atoms with E-state index in [1.807, 2.05) is 20.8 Å². The Labute approximate surface area is 112 Å². The van der Waals surface area contributed by atoms with Crippen LogP contribution in [-0.2, 0) is 9.53 Å². The maximum absolute atomic E-state index is 9.60. The third-order valence-electron chi connectivity index (χ3n) is 3.20. The van der Waals surface area contributed by atoms with Gasteiger partial charge >= 0.3 is 0 Å². The molecule has 1 rings (SSSR count). The highest BCUT2D eigenvalue weighted by Crippen LogP contribution is 2.23. The zero-order valence-electron chi connectivity index (χ0n) is 12.4. The van der Waals surface area contributed by atoms with Crippen molar-refractivity contribution in [1.29, 1.82) is 0 Å². The quantitative estimate of drug-likeness (QED) is 0.785. The van der Waals surface area contributed by atoms with Crippen molar-refractivity contribution in [2.45, 2.75) is 77.7 Å². The fraction of sp³-hybridized carbons (Fsp3) is 0.933. The first kappa shape index (κ1) is 17.4. The Hall–Kier alpha value is -0.570. The molecular weight excluding hydrogens is 226 g/mol. The Morgan fingerprint density at radius 3 is 1.94 bits per heavy atom. The maximum atomic E-state index is 9.60. The number of ether oxygens (including phenoxy) is 1. The molecule has 0 aliphatic heterocycles. The SMILES string of the molecule is CC(C)(C)OC=O.NCCC1CCCCCCC1. The van der Waals surface area contributed by atoms with Crippen LogP contribution in [0, 0.1) is 5.92 Å². The van der Waals surface area contributed by atoms with E-state index < -0.39 is 0 Å². The normalized spacial score (nSPS) is 18.0. The molecule has 0 saturated heterocycles. The first-order valence-corrected chi connectivity index (χ1v) is 7.31. The molecule has 3 nitrogen and oxygen atoms in total. The van der Waals surface area contributed by atoms with Gasteiger partial charge in [0.15, 0.2) is 0 Å². The van der Waals surface area contributed by atoms with Crippen LogP contribution in [0.25, 0.3) is 0 Å². The van der Waals surface area contributed by atoms with Crippen LogP contribution in [0.3, 0.4) is 0 Å². The van der Waals surface area contributed by atoms with Gasteiger partial charge in [0.25, 0.3) is 6.47 Å². The van der Waals surface area contributed by atoms with E-state index in [4.69, 9.17) is 5.73 Å². The summed E-state index contributed by atoms with van der Waals surface area (Å²) >= 11 is 0. The van der Waals surface area contributed by atoms with E-state index >= 15 is 0 Å². The van der Waals surface area contributed by atoms with Gasteiger partial charge in [0.1, 0.15) is 5.60 Å². The highest BCUT2D eigenvalue weighted by molar-refractivity contribution is 5.37. The molecule has 18 heavy (non-hydrogen) atoms. The fourth-order valence-electron chi connectivity index (χ4n) is 2.21. The molecule has 0 atom stereocenters. The van der Waals surface area contributed by atoms with Gasteiger partial charge in [-0.3, -0.25) is 4.79 Å². The summed E-state index contributed by atoms with van der Waals surface area (Å²) in [5.74, 6) is 0.959. The van der Waals surface area contributed by atoms with E-state index in [1.165, 1.54) is 51.4 Å². The summed E-state index contributed by atoms with van der Waals surface area (Å²) in [6.45, 7) is 6.81. The Morgan fingerprint density at radius 1 is 1.11 bits per heavy atom. The average molecular weight is 257 g/mol. The van der Waals surface area contributed by atoms with Crippen molar-refractivity contribution in [3.63, 3.8) is 0 Å². The topological polar surface area (TPSA) is 52.3 Å². The van der Waals surface area contributed by atoms with Crippen LogP contribution < -0.4 is 5.73 Å². The van der Waals surface area contributed by atoms with Crippen molar-refractivity contribution in [2.24, 2.45) is 11.7 Å². The van der Waals surface area contributed by atoms with Crippen molar-refractivity contribution in [3.8, 4) is 0 Å². The summed E-state index contributed by atoms with van der Waals surface area (Å²) in [5.41, 5.74) is 5.23. The molecule has 1 fully saturated rings. The van der Waals surface area contributed by atoms with Crippen molar-refractivity contribution in [2.75, 3.05) is 6.54 Å². The fourth-order valence-corrected chi connectivity index (χ4v) is 2.21. The van der Waals surface area contributed by atoms with E-state index in [-0.39, 0.29) is 5.60 Å². The first-order chi connectivity index (χ1) is 8.49. The molecular formula is C15H31NO2. The molecule has 0 bridgehead atoms. The lowest BCUT2D eigenvalue weighted by atomic mass is 9.89. The number of hydrogen-bond donors (Lipinski definition) is 1. The smallest absolute Gasteiger partial charge is 0.293 e. The number of rotatable bonds is 3. The lowest BCUT2D eigenvalue weighted by molar-refractivity contribution is -0.138. The molecule has 0 aromatic heterocycles. The first-order valence-electron chi connectivity index (χ1n) is 7.31. The average Bonchev–Trinajstić information content (AvgIpc) is 2.21. The third-order valence-corrected chi connectivity index (χ3v) is 3.20. The van der Waals surface area contributed by atoms with Crippen molar-refractivity contribution < 1.29 is 9.53 Å². The summed E-state index contributed by atoms with van der Waals surface area (Å²) in [5, 5.41) is 0. The zero-order valence-corrected chi connectivity index (χ0v) is 12.4. The summed E-state index contributed by atoms with van der Waals surface area (Å²) in [6, 6.07) is 0. The van der Waals surface area contributed by atoms with Gasteiger partial charge in [-0.2, -0.15) is 0 Å². The molecule has 0 radical (unpaired) electrons. The van der Waals surface area contributed by atoms with Gasteiger partial charge < -0.3 is 10.5 Å². The predicted octanol–water partition coefficient (Wildman–Crippen LogP) is 3.65. The molecule has 2 N–H and O–H groups in total. The molecule has 0 amide bonds. The zero-order chi connectivity index (χ0) is 13.9. The Balaban J connectivity index is 0.000000360. The largest absolute Gasteiger partial charge is 0.462 e. The summed E-state index contributed by atoms with van der Waals surface area (Å²) < 4.78 is 4.55. The number of carbonyl (C=O) groups is 1. The van der Waals surface area contributed by atoms with Gasteiger partial charge in [-0.1, -0.05) is 44.9 Å². The predicted molar refractivity (Wildman–Crippen MR) is 76.4 cm³/mol. The lowest BCUT2D eigenvalue weighted by Crippen LogP contribution is -2.17. The van der Waals surface area contributed by atoms with Crippen molar-refractivity contribution >= 4 is 6.47 Å². The second kappa shape index (κ2) is 10.4. The highest BCUT2D eigenvalue weighted by atomic mass is 16.5. The molecule has 0 spiro atoms. The molecule has 0 heterocycles. The third kappa shape index (κ3) is 11.9. The maximum Gasteiger partial charge on any atom is 0.293 e. The van der Waals surface area contributed by atoms with E-state index in [9.17, 15) is 4.79 Å². The molecule has 1 aliphatic carbocycles. The lowest BCUT2D eigenvalue weighted by Gasteiger charge is -2.18. The monoisotopic (exact) mass is 257 g/mol. The van der Waals surface area contributed by atoms with Gasteiger partial charge in [0.05, 0.1) is 0 Å². The Kier molecular flexibility index (Phi) is 10.0. The molecule has 0 aromatic rings. The van der Waals surface area contributed by atoms with E-state index in [0.717, 1.165) is 12.5 Å². The second-order valence-corrected chi connectivity index (χ2v) is 6.11. The molecule has 0 unspecified atom stereocenters. The van der Waals surface area contributed by atoms with Crippen LogP contribution >= 0.6 is 0 Å². The number of carbonyl (C=O) groups excluding carboxylic acids is 1. The highest BCUT2D eigenvalue weighted by Gasteiger charge is 2.09. The van der Waals surface area contributed by atoms with Gasteiger partial charge in [-0.05, 0) is 39.7 Å². The van der Waals surface area contributed by atoms with Gasteiger partial charge in [-0.25, -0.2) is 0 Å². The number of hydrogen-bond acceptors (Lipinski definition) is 3. The van der Waals surface area contributed by atoms with E-state index in [1.54, 1.807) is 0 Å². The molecule has 1 aliphatic rings. The van der Waals surface area contributed by atoms with Crippen molar-refractivity contribution in [1.82, 2.24) is 0 Å². The van der Waals surface area contributed by atoms with Crippen LogP contribution in [0.2, 0.25) is 0 Å². The second-order valence-electron chi connectivity index (χ2n) is 6.11. The van der Waals surface area contributed by atoms with E-state index in [0.29, 0.717) is 6.47 Å². The van der Waals surface area contributed by atoms with Crippen LogP contribution in [0.15, 0.2) is 0 Å². The minimum atomic E-state index is -0.318. The minimum absolute atomic E-state index is 0.318. The molecule has 0 aromatic carbocycles. The van der Waals surface area contributed by atoms with Gasteiger partial charge in [0.2, 0.25) is 0 Å². The van der Waals surface area contributed by atoms with Gasteiger partial charge in [-0.15, -0.1) is 0 Å². The molecule has 3 heteroatoms. The van der Waals surface area contributed by atoms with Crippen LogP contribution in [0.4, 0.5) is 0 Å². The summed E-state index contributed by atoms with van der Waals surface area (Å²) in [4.78, 5) is 9.60. The van der Waals surface area contributed by atoms with Crippen LogP contribution in [-0.4, -0.2) is 18.6 Å². The Morgan fingerprint density at radius 2 is 1.61 bits per heavy atom. The van der Waals surface area contributed by atoms with Gasteiger partial charge in [0, 0.05) is 0 Å². The Bertz CT molecular complexity index is 191. The number of nitrogens with two attached hydrogens (primary N) is 1. The molecule has 1 saturated carbocycles. The molecule has 108 valence electrons. The minimum Gasteiger partial charge on any atom is -0.462 e. The van der Waals surface area contributed by atoms with Crippen molar-refractivity contribution in [3.05, 3.63) is 0 Å². The summed E-state index contributed by atoms with van der Waals surface area (Å²) in [6.07, 6.45) is 11.4. The van der Waals surface area contributed by atoms with Crippen LogP contribution in [0.1, 0.15) is 72.1 Å². The van der Waals surface area contributed by atoms with Crippen LogP contribution in [0.5, 0.6) is 0 Å². The summed E-state index contributed by atoms with van der Waals surface area (Å²) in [7, 11) is 0. The standard InChI is InChI=1S/C10H21N.C5H10O2/c11-9-8-10-6-4-2-1-3-5-7-10;1-5(2,3)7-4-6/h10H,1-9,11H2;4H,1-3H3.